The van der Waals surface area contributed by atoms with E-state index in [1.807, 2.05) is 67.4 Å². The third kappa shape index (κ3) is 7.44. The Morgan fingerprint density at radius 2 is 1.68 bits per heavy atom. The van der Waals surface area contributed by atoms with Crippen LogP contribution in [0, 0.1) is 5.82 Å². The average Bonchev–Trinajstić information content (AvgIpc) is 3.37. The molecule has 1 aromatic heterocycles. The van der Waals surface area contributed by atoms with Gasteiger partial charge in [-0.25, -0.2) is 4.39 Å². The van der Waals surface area contributed by atoms with Crippen LogP contribution in [0.15, 0.2) is 79.0 Å². The molecule has 2 aromatic carbocycles. The van der Waals surface area contributed by atoms with Gasteiger partial charge in [0.05, 0.1) is 6.54 Å². The second kappa shape index (κ2) is 13.2. The maximum atomic E-state index is 13.8. The molecule has 1 fully saturated rings. The van der Waals surface area contributed by atoms with E-state index in [9.17, 15) is 14.0 Å². The van der Waals surface area contributed by atoms with Crippen molar-refractivity contribution in [1.82, 2.24) is 14.4 Å². The largest absolute Gasteiger partial charge is 0.345 e. The van der Waals surface area contributed by atoms with E-state index in [4.69, 9.17) is 0 Å². The number of halogens is 1. The van der Waals surface area contributed by atoms with E-state index < -0.39 is 0 Å². The predicted octanol–water partition coefficient (Wildman–Crippen LogP) is 6.29. The second-order valence-corrected chi connectivity index (χ2v) is 10.4. The lowest BCUT2D eigenvalue weighted by atomic mass is 9.94. The zero-order chi connectivity index (χ0) is 26.9. The Labute approximate surface area is 225 Å². The number of carbonyl (C=O) groups excluding carboxylic acids is 2. The molecule has 5 nitrogen and oxygen atoms in total. The number of aromatic nitrogens is 1. The fourth-order valence-electron chi connectivity index (χ4n) is 5.10. The molecule has 0 aliphatic heterocycles. The van der Waals surface area contributed by atoms with Crippen LogP contribution >= 0.6 is 0 Å². The lowest BCUT2D eigenvalue weighted by Crippen LogP contribution is -2.49. The summed E-state index contributed by atoms with van der Waals surface area (Å²) in [4.78, 5) is 30.6. The molecule has 0 bridgehead atoms. The molecule has 1 saturated carbocycles. The topological polar surface area (TPSA) is 45.6 Å². The van der Waals surface area contributed by atoms with Crippen molar-refractivity contribution in [3.8, 4) is 0 Å². The summed E-state index contributed by atoms with van der Waals surface area (Å²) >= 11 is 0. The molecule has 4 rings (SSSR count). The number of carbonyl (C=O) groups is 2. The minimum Gasteiger partial charge on any atom is -0.345 e. The van der Waals surface area contributed by atoms with Crippen LogP contribution < -0.4 is 0 Å². The van der Waals surface area contributed by atoms with Crippen LogP contribution in [-0.2, 0) is 22.7 Å². The van der Waals surface area contributed by atoms with E-state index in [-0.39, 0.29) is 36.3 Å². The van der Waals surface area contributed by atoms with Crippen LogP contribution in [0.3, 0.4) is 0 Å². The van der Waals surface area contributed by atoms with E-state index >= 15 is 0 Å². The SMILES string of the molecule is CC(C)N(CC(=O)N(Cc1cccn1Cc1ccc(F)cc1)C1CCCCC1)C(=O)C=Cc1ccccc1. The van der Waals surface area contributed by atoms with Crippen molar-refractivity contribution >= 4 is 17.9 Å². The van der Waals surface area contributed by atoms with Crippen molar-refractivity contribution in [1.29, 1.82) is 0 Å². The van der Waals surface area contributed by atoms with Crippen LogP contribution in [0.1, 0.15) is 62.8 Å². The van der Waals surface area contributed by atoms with Gasteiger partial charge in [0.15, 0.2) is 0 Å². The van der Waals surface area contributed by atoms with Crippen molar-refractivity contribution in [2.75, 3.05) is 6.54 Å². The standard InChI is InChI=1S/C32H38FN3O2/c1-25(2)35(31(37)20-17-26-10-5-3-6-11-26)24-32(38)36(29-12-7-4-8-13-29)23-30-14-9-21-34(30)22-27-15-18-28(33)19-16-27/h3,5-6,9-11,14-21,25,29H,4,7-8,12-13,22-24H2,1-2H3. The molecule has 1 aliphatic carbocycles. The number of amides is 2. The summed E-state index contributed by atoms with van der Waals surface area (Å²) < 4.78 is 15.5. The van der Waals surface area contributed by atoms with E-state index in [0.717, 1.165) is 42.5 Å². The number of benzene rings is 2. The Balaban J connectivity index is 1.51. The van der Waals surface area contributed by atoms with Gasteiger partial charge in [-0.2, -0.15) is 0 Å². The quantitative estimate of drug-likeness (QED) is 0.298. The van der Waals surface area contributed by atoms with Gasteiger partial charge in [-0.15, -0.1) is 0 Å². The molecule has 3 aromatic rings. The van der Waals surface area contributed by atoms with Crippen LogP contribution in [0.25, 0.3) is 6.08 Å². The van der Waals surface area contributed by atoms with Crippen LogP contribution in [-0.4, -0.2) is 44.8 Å². The predicted molar refractivity (Wildman–Crippen MR) is 150 cm³/mol. The Hall–Kier alpha value is -3.67. The summed E-state index contributed by atoms with van der Waals surface area (Å²) in [6, 6.07) is 20.3. The minimum absolute atomic E-state index is 0.0263. The fraction of sp³-hybridized carbons (Fsp3) is 0.375. The first kappa shape index (κ1) is 27.4. The molecule has 1 aliphatic rings. The highest BCUT2D eigenvalue weighted by Gasteiger charge is 2.29. The first-order valence-corrected chi connectivity index (χ1v) is 13.6. The highest BCUT2D eigenvalue weighted by atomic mass is 19.1. The zero-order valence-electron chi connectivity index (χ0n) is 22.4. The van der Waals surface area contributed by atoms with Gasteiger partial charge in [-0.3, -0.25) is 9.59 Å². The van der Waals surface area contributed by atoms with E-state index in [1.54, 1.807) is 29.2 Å². The van der Waals surface area contributed by atoms with Gasteiger partial charge >= 0.3 is 0 Å². The number of rotatable bonds is 10. The van der Waals surface area contributed by atoms with Crippen molar-refractivity contribution in [2.45, 2.75) is 71.1 Å². The molecule has 2 amide bonds. The van der Waals surface area contributed by atoms with Crippen molar-refractivity contribution in [3.05, 3.63) is 102 Å². The van der Waals surface area contributed by atoms with Crippen molar-refractivity contribution in [3.63, 3.8) is 0 Å². The summed E-state index contributed by atoms with van der Waals surface area (Å²) in [5.74, 6) is -0.444. The van der Waals surface area contributed by atoms with Gasteiger partial charge in [0.1, 0.15) is 12.4 Å². The van der Waals surface area contributed by atoms with Gasteiger partial charge in [-0.1, -0.05) is 61.7 Å². The number of nitrogens with zero attached hydrogens (tertiary/aromatic N) is 3. The van der Waals surface area contributed by atoms with Crippen molar-refractivity contribution < 1.29 is 14.0 Å². The molecule has 0 radical (unpaired) electrons. The molecule has 0 unspecified atom stereocenters. The Morgan fingerprint density at radius 3 is 2.37 bits per heavy atom. The lowest BCUT2D eigenvalue weighted by Gasteiger charge is -2.36. The highest BCUT2D eigenvalue weighted by molar-refractivity contribution is 5.94. The first-order valence-electron chi connectivity index (χ1n) is 13.6. The summed E-state index contributed by atoms with van der Waals surface area (Å²) in [6.45, 7) is 5.03. The second-order valence-electron chi connectivity index (χ2n) is 10.4. The lowest BCUT2D eigenvalue weighted by molar-refractivity contribution is -0.142. The van der Waals surface area contributed by atoms with E-state index in [1.165, 1.54) is 18.6 Å². The van der Waals surface area contributed by atoms with Gasteiger partial charge < -0.3 is 14.4 Å². The van der Waals surface area contributed by atoms with Gasteiger partial charge in [0.25, 0.3) is 0 Å². The molecule has 0 N–H and O–H groups in total. The van der Waals surface area contributed by atoms with E-state index in [0.29, 0.717) is 13.1 Å². The highest BCUT2D eigenvalue weighted by Crippen LogP contribution is 2.25. The van der Waals surface area contributed by atoms with Gasteiger partial charge in [0, 0.05) is 36.6 Å². The van der Waals surface area contributed by atoms with Gasteiger partial charge in [0.2, 0.25) is 11.8 Å². The summed E-state index contributed by atoms with van der Waals surface area (Å²) in [6.07, 6.45) is 10.7. The zero-order valence-corrected chi connectivity index (χ0v) is 22.4. The molecule has 0 spiro atoms. The first-order chi connectivity index (χ1) is 18.4. The Kier molecular flexibility index (Phi) is 9.52. The average molecular weight is 516 g/mol. The Bertz CT molecular complexity index is 1210. The molecule has 0 saturated heterocycles. The maximum absolute atomic E-state index is 13.8. The van der Waals surface area contributed by atoms with Gasteiger partial charge in [-0.05, 0) is 68.2 Å². The summed E-state index contributed by atoms with van der Waals surface area (Å²) in [5, 5.41) is 0. The van der Waals surface area contributed by atoms with E-state index in [2.05, 4.69) is 4.57 Å². The smallest absolute Gasteiger partial charge is 0.247 e. The molecule has 0 atom stereocenters. The number of hydrogen-bond donors (Lipinski definition) is 0. The molecule has 200 valence electrons. The third-order valence-corrected chi connectivity index (χ3v) is 7.29. The van der Waals surface area contributed by atoms with Crippen LogP contribution in [0.5, 0.6) is 0 Å². The summed E-state index contributed by atoms with van der Waals surface area (Å²) in [7, 11) is 0. The number of hydrogen-bond acceptors (Lipinski definition) is 2. The molecule has 38 heavy (non-hydrogen) atoms. The monoisotopic (exact) mass is 515 g/mol. The third-order valence-electron chi connectivity index (χ3n) is 7.29. The Morgan fingerprint density at radius 1 is 0.974 bits per heavy atom. The normalized spacial score (nSPS) is 14.2. The molecule has 1 heterocycles. The minimum atomic E-state index is -0.251. The summed E-state index contributed by atoms with van der Waals surface area (Å²) in [5.41, 5.74) is 2.97. The van der Waals surface area contributed by atoms with Crippen molar-refractivity contribution in [2.24, 2.45) is 0 Å². The van der Waals surface area contributed by atoms with Crippen LogP contribution in [0.2, 0.25) is 0 Å². The molecule has 6 heteroatoms. The van der Waals surface area contributed by atoms with Crippen LogP contribution in [0.4, 0.5) is 4.39 Å². The fourth-order valence-corrected chi connectivity index (χ4v) is 5.10. The molecular weight excluding hydrogens is 477 g/mol. The maximum Gasteiger partial charge on any atom is 0.247 e. The molecular formula is C32H38FN3O2.